The number of rotatable bonds is 7. The van der Waals surface area contributed by atoms with Crippen LogP contribution in [0.5, 0.6) is 0 Å². The molecule has 2 rings (SSSR count). The highest BCUT2D eigenvalue weighted by molar-refractivity contribution is 6.36. The predicted molar refractivity (Wildman–Crippen MR) is 102 cm³/mol. The maximum atomic E-state index is 12.9. The fourth-order valence-corrected chi connectivity index (χ4v) is 2.84. The van der Waals surface area contributed by atoms with Crippen LogP contribution < -0.4 is 5.32 Å². The fourth-order valence-electron chi connectivity index (χ4n) is 2.38. The Morgan fingerprint density at radius 1 is 1.08 bits per heavy atom. The third kappa shape index (κ3) is 6.32. The van der Waals surface area contributed by atoms with Gasteiger partial charge in [0, 0.05) is 31.5 Å². The maximum absolute atomic E-state index is 12.9. The number of nitrogens with zero attached hydrogens (tertiary/aromatic N) is 1. The molecule has 0 radical (unpaired) electrons. The first kappa shape index (κ1) is 20.2. The van der Waals surface area contributed by atoms with E-state index in [2.05, 4.69) is 5.32 Å². The zero-order chi connectivity index (χ0) is 19.1. The molecule has 0 saturated carbocycles. The molecule has 4 nitrogen and oxygen atoms in total. The van der Waals surface area contributed by atoms with E-state index < -0.39 is 0 Å². The van der Waals surface area contributed by atoms with Crippen molar-refractivity contribution in [3.05, 3.63) is 63.9 Å². The van der Waals surface area contributed by atoms with E-state index in [0.717, 1.165) is 5.56 Å². The summed E-state index contributed by atoms with van der Waals surface area (Å²) in [7, 11) is 0. The van der Waals surface area contributed by atoms with Gasteiger partial charge in [-0.2, -0.15) is 0 Å². The van der Waals surface area contributed by atoms with Crippen molar-refractivity contribution in [1.82, 2.24) is 4.90 Å². The van der Waals surface area contributed by atoms with Crippen molar-refractivity contribution in [2.24, 2.45) is 0 Å². The van der Waals surface area contributed by atoms with Crippen LogP contribution in [0.3, 0.4) is 0 Å². The molecule has 7 heteroatoms. The van der Waals surface area contributed by atoms with E-state index in [0.29, 0.717) is 28.7 Å². The zero-order valence-electron chi connectivity index (χ0n) is 14.3. The quantitative estimate of drug-likeness (QED) is 0.745. The van der Waals surface area contributed by atoms with Crippen LogP contribution in [0.1, 0.15) is 18.9 Å². The largest absolute Gasteiger partial charge is 0.342 e. The smallest absolute Gasteiger partial charge is 0.226 e. The second-order valence-electron chi connectivity index (χ2n) is 5.80. The fraction of sp³-hybridized carbons (Fsp3) is 0.263. The Bertz CT molecular complexity index is 782. The second-order valence-corrected chi connectivity index (χ2v) is 6.65. The summed E-state index contributed by atoms with van der Waals surface area (Å²) < 4.78 is 12.9. The lowest BCUT2D eigenvalue weighted by atomic mass is 10.1. The summed E-state index contributed by atoms with van der Waals surface area (Å²) in [6, 6.07) is 10.9. The van der Waals surface area contributed by atoms with Gasteiger partial charge in [-0.3, -0.25) is 9.59 Å². The van der Waals surface area contributed by atoms with Crippen LogP contribution in [-0.4, -0.2) is 29.8 Å². The van der Waals surface area contributed by atoms with Gasteiger partial charge in [0.25, 0.3) is 0 Å². The summed E-state index contributed by atoms with van der Waals surface area (Å²) >= 11 is 11.8. The van der Waals surface area contributed by atoms with E-state index in [1.54, 1.807) is 35.2 Å². The van der Waals surface area contributed by atoms with Crippen LogP contribution in [0.25, 0.3) is 0 Å². The van der Waals surface area contributed by atoms with Crippen LogP contribution in [-0.2, 0) is 16.0 Å². The van der Waals surface area contributed by atoms with E-state index in [4.69, 9.17) is 23.2 Å². The number of anilines is 1. The lowest BCUT2D eigenvalue weighted by Gasteiger charge is -2.21. The van der Waals surface area contributed by atoms with Gasteiger partial charge in [-0.15, -0.1) is 0 Å². The lowest BCUT2D eigenvalue weighted by molar-refractivity contribution is -0.129. The molecule has 0 spiro atoms. The van der Waals surface area contributed by atoms with Gasteiger partial charge in [-0.25, -0.2) is 4.39 Å². The standard InChI is InChI=1S/C19H19Cl2FN2O2/c1-13(25)24(10-8-14-2-5-16(22)6-3-14)11-9-19(26)23-18-7-4-15(20)12-17(18)21/h2-7,12H,8-11H2,1H3,(H,23,26). The molecule has 0 saturated heterocycles. The monoisotopic (exact) mass is 396 g/mol. The van der Waals surface area contributed by atoms with Crippen LogP contribution in [0, 0.1) is 5.82 Å². The summed E-state index contributed by atoms with van der Waals surface area (Å²) in [6.45, 7) is 2.20. The number of benzene rings is 2. The summed E-state index contributed by atoms with van der Waals surface area (Å²) in [6.07, 6.45) is 0.729. The van der Waals surface area contributed by atoms with E-state index in [1.807, 2.05) is 0 Å². The topological polar surface area (TPSA) is 49.4 Å². The molecule has 0 fully saturated rings. The zero-order valence-corrected chi connectivity index (χ0v) is 15.8. The SMILES string of the molecule is CC(=O)N(CCC(=O)Nc1ccc(Cl)cc1Cl)CCc1ccc(F)cc1. The van der Waals surface area contributed by atoms with Gasteiger partial charge in [-0.1, -0.05) is 35.3 Å². The van der Waals surface area contributed by atoms with E-state index in [9.17, 15) is 14.0 Å². The first-order valence-electron chi connectivity index (χ1n) is 8.10. The first-order valence-corrected chi connectivity index (χ1v) is 8.85. The van der Waals surface area contributed by atoms with Gasteiger partial charge in [0.15, 0.2) is 0 Å². The van der Waals surface area contributed by atoms with Crippen LogP contribution in [0.4, 0.5) is 10.1 Å². The minimum Gasteiger partial charge on any atom is -0.342 e. The van der Waals surface area contributed by atoms with Gasteiger partial charge >= 0.3 is 0 Å². The summed E-state index contributed by atoms with van der Waals surface area (Å²) in [4.78, 5) is 25.5. The van der Waals surface area contributed by atoms with Crippen molar-refractivity contribution in [2.45, 2.75) is 19.8 Å². The highest BCUT2D eigenvalue weighted by Crippen LogP contribution is 2.25. The Morgan fingerprint density at radius 3 is 2.38 bits per heavy atom. The van der Waals surface area contributed by atoms with Gasteiger partial charge in [0.2, 0.25) is 11.8 Å². The number of carbonyl (C=O) groups is 2. The third-order valence-electron chi connectivity index (χ3n) is 3.84. The van der Waals surface area contributed by atoms with Crippen LogP contribution in [0.2, 0.25) is 10.0 Å². The Hall–Kier alpha value is -2.11. The van der Waals surface area contributed by atoms with Crippen molar-refractivity contribution < 1.29 is 14.0 Å². The molecule has 0 unspecified atom stereocenters. The number of carbonyl (C=O) groups excluding carboxylic acids is 2. The number of amides is 2. The molecule has 2 amide bonds. The van der Waals surface area contributed by atoms with Gasteiger partial charge in [0.1, 0.15) is 5.82 Å². The van der Waals surface area contributed by atoms with Crippen LogP contribution in [0.15, 0.2) is 42.5 Å². The maximum Gasteiger partial charge on any atom is 0.226 e. The van der Waals surface area contributed by atoms with Crippen molar-refractivity contribution >= 4 is 40.7 Å². The number of hydrogen-bond donors (Lipinski definition) is 1. The highest BCUT2D eigenvalue weighted by atomic mass is 35.5. The molecule has 138 valence electrons. The van der Waals surface area contributed by atoms with Gasteiger partial charge in [-0.05, 0) is 42.3 Å². The van der Waals surface area contributed by atoms with Crippen molar-refractivity contribution in [3.63, 3.8) is 0 Å². The van der Waals surface area contributed by atoms with E-state index in [-0.39, 0.29) is 30.6 Å². The summed E-state index contributed by atoms with van der Waals surface area (Å²) in [5.74, 6) is -0.665. The van der Waals surface area contributed by atoms with Crippen molar-refractivity contribution in [2.75, 3.05) is 18.4 Å². The molecule has 2 aromatic carbocycles. The normalized spacial score (nSPS) is 10.5. The number of halogens is 3. The molecule has 0 bridgehead atoms. The van der Waals surface area contributed by atoms with E-state index >= 15 is 0 Å². The Kier molecular flexibility index (Phi) is 7.42. The second kappa shape index (κ2) is 9.55. The number of hydrogen-bond acceptors (Lipinski definition) is 2. The average molecular weight is 397 g/mol. The van der Waals surface area contributed by atoms with Crippen molar-refractivity contribution in [3.8, 4) is 0 Å². The Morgan fingerprint density at radius 2 is 1.77 bits per heavy atom. The molecule has 0 aliphatic carbocycles. The highest BCUT2D eigenvalue weighted by Gasteiger charge is 2.12. The first-order chi connectivity index (χ1) is 12.3. The average Bonchev–Trinajstić information content (AvgIpc) is 2.58. The number of nitrogens with one attached hydrogen (secondary N) is 1. The van der Waals surface area contributed by atoms with Gasteiger partial charge < -0.3 is 10.2 Å². The molecule has 26 heavy (non-hydrogen) atoms. The van der Waals surface area contributed by atoms with Crippen molar-refractivity contribution in [1.29, 1.82) is 0 Å². The molecule has 2 aromatic rings. The Balaban J connectivity index is 1.86. The third-order valence-corrected chi connectivity index (χ3v) is 4.39. The lowest BCUT2D eigenvalue weighted by Crippen LogP contribution is -2.33. The minimum atomic E-state index is -0.297. The molecule has 0 atom stereocenters. The molecular formula is C19H19Cl2FN2O2. The minimum absolute atomic E-state index is 0.121. The molecule has 0 aliphatic heterocycles. The molecule has 1 N–H and O–H groups in total. The van der Waals surface area contributed by atoms with Gasteiger partial charge in [0.05, 0.1) is 10.7 Å². The molecule has 0 aliphatic rings. The molecular weight excluding hydrogens is 378 g/mol. The predicted octanol–water partition coefficient (Wildman–Crippen LogP) is 4.55. The molecule has 0 heterocycles. The summed E-state index contributed by atoms with van der Waals surface area (Å²) in [5.41, 5.74) is 1.40. The Labute approximate surface area is 161 Å². The molecule has 0 aromatic heterocycles. The summed E-state index contributed by atoms with van der Waals surface area (Å²) in [5, 5.41) is 3.54. The van der Waals surface area contributed by atoms with E-state index in [1.165, 1.54) is 19.1 Å². The van der Waals surface area contributed by atoms with Crippen LogP contribution >= 0.6 is 23.2 Å².